The van der Waals surface area contributed by atoms with Crippen LogP contribution >= 0.6 is 11.6 Å². The van der Waals surface area contributed by atoms with Crippen LogP contribution in [0.1, 0.15) is 31.1 Å². The smallest absolute Gasteiger partial charge is 0.314 e. The number of rotatable bonds is 6. The topological polar surface area (TPSA) is 74.5 Å². The van der Waals surface area contributed by atoms with Crippen molar-refractivity contribution >= 4 is 17.6 Å². The van der Waals surface area contributed by atoms with Crippen molar-refractivity contribution in [3.05, 3.63) is 59.0 Å². The number of hydrogen-bond acceptors (Lipinski definition) is 3. The number of benzene rings is 1. The number of aliphatic hydroxyl groups is 1. The summed E-state index contributed by atoms with van der Waals surface area (Å²) >= 11 is 5.92. The number of carbonyl (C=O) groups excluding carboxylic acids is 1. The van der Waals surface area contributed by atoms with E-state index in [0.29, 0.717) is 17.3 Å². The predicted octanol–water partition coefficient (Wildman–Crippen LogP) is 3.17. The van der Waals surface area contributed by atoms with Gasteiger partial charge in [0.05, 0.1) is 12.8 Å². The van der Waals surface area contributed by atoms with Crippen molar-refractivity contribution in [2.75, 3.05) is 13.1 Å². The molecular formula is C18H21ClN2O3. The molecule has 2 aromatic rings. The standard InChI is InChI=1S/C18H21ClN2O3/c1-17(23,15-3-2-10-24-15)11-20-16(22)21-12-18(8-9-18)13-4-6-14(19)7-5-13/h2-7,10,23H,8-9,11-12H2,1H3,(H2,20,21,22). The van der Waals surface area contributed by atoms with Gasteiger partial charge in [0, 0.05) is 17.0 Å². The zero-order valence-electron chi connectivity index (χ0n) is 13.5. The van der Waals surface area contributed by atoms with Gasteiger partial charge in [-0.15, -0.1) is 0 Å². The third-order valence-electron chi connectivity index (χ3n) is 4.54. The van der Waals surface area contributed by atoms with Gasteiger partial charge in [-0.3, -0.25) is 0 Å². The summed E-state index contributed by atoms with van der Waals surface area (Å²) in [4.78, 5) is 12.0. The van der Waals surface area contributed by atoms with Gasteiger partial charge in [-0.05, 0) is 49.6 Å². The number of amides is 2. The first kappa shape index (κ1) is 16.9. The van der Waals surface area contributed by atoms with Crippen LogP contribution in [0.15, 0.2) is 47.1 Å². The molecule has 1 unspecified atom stereocenters. The maximum Gasteiger partial charge on any atom is 0.314 e. The van der Waals surface area contributed by atoms with Crippen LogP contribution in [0.5, 0.6) is 0 Å². The molecule has 2 amide bonds. The van der Waals surface area contributed by atoms with Gasteiger partial charge in [0.2, 0.25) is 0 Å². The number of halogens is 1. The highest BCUT2D eigenvalue weighted by atomic mass is 35.5. The van der Waals surface area contributed by atoms with Crippen LogP contribution < -0.4 is 10.6 Å². The van der Waals surface area contributed by atoms with Gasteiger partial charge in [0.25, 0.3) is 0 Å². The summed E-state index contributed by atoms with van der Waals surface area (Å²) in [5.74, 6) is 0.419. The minimum absolute atomic E-state index is 0.00541. The third-order valence-corrected chi connectivity index (χ3v) is 4.79. The van der Waals surface area contributed by atoms with Crippen molar-refractivity contribution in [2.24, 2.45) is 0 Å². The monoisotopic (exact) mass is 348 g/mol. The Labute approximate surface area is 146 Å². The van der Waals surface area contributed by atoms with E-state index in [1.54, 1.807) is 19.1 Å². The summed E-state index contributed by atoms with van der Waals surface area (Å²) in [5, 5.41) is 16.6. The third kappa shape index (κ3) is 3.74. The molecule has 1 fully saturated rings. The van der Waals surface area contributed by atoms with Crippen LogP contribution in [0, 0.1) is 0 Å². The van der Waals surface area contributed by atoms with Crippen LogP contribution in [0.4, 0.5) is 4.79 Å². The molecule has 1 aliphatic carbocycles. The highest BCUT2D eigenvalue weighted by Crippen LogP contribution is 2.47. The van der Waals surface area contributed by atoms with Gasteiger partial charge in [0.15, 0.2) is 0 Å². The van der Waals surface area contributed by atoms with E-state index in [9.17, 15) is 9.90 Å². The Kier molecular flexibility index (Phi) is 4.56. The first-order chi connectivity index (χ1) is 11.4. The summed E-state index contributed by atoms with van der Waals surface area (Å²) in [6, 6.07) is 10.8. The molecule has 1 atom stereocenters. The highest BCUT2D eigenvalue weighted by Gasteiger charge is 2.44. The van der Waals surface area contributed by atoms with Crippen molar-refractivity contribution in [1.82, 2.24) is 10.6 Å². The lowest BCUT2D eigenvalue weighted by Crippen LogP contribution is -2.45. The van der Waals surface area contributed by atoms with Crippen LogP contribution in [0.25, 0.3) is 0 Å². The molecule has 1 aromatic carbocycles. The summed E-state index contributed by atoms with van der Waals surface area (Å²) < 4.78 is 5.19. The average Bonchev–Trinajstić information content (AvgIpc) is 3.13. The van der Waals surface area contributed by atoms with E-state index < -0.39 is 5.60 Å². The molecule has 5 nitrogen and oxygen atoms in total. The summed E-state index contributed by atoms with van der Waals surface area (Å²) in [5.41, 5.74) is -0.0468. The molecule has 0 saturated heterocycles. The zero-order valence-corrected chi connectivity index (χ0v) is 14.3. The van der Waals surface area contributed by atoms with Crippen molar-refractivity contribution in [1.29, 1.82) is 0 Å². The number of urea groups is 1. The van der Waals surface area contributed by atoms with Crippen molar-refractivity contribution < 1.29 is 14.3 Å². The van der Waals surface area contributed by atoms with Gasteiger partial charge in [-0.25, -0.2) is 4.79 Å². The molecule has 1 saturated carbocycles. The van der Waals surface area contributed by atoms with E-state index in [1.807, 2.05) is 24.3 Å². The Morgan fingerprint density at radius 1 is 1.29 bits per heavy atom. The molecule has 3 rings (SSSR count). The van der Waals surface area contributed by atoms with Crippen LogP contribution in [-0.4, -0.2) is 24.2 Å². The molecule has 3 N–H and O–H groups in total. The maximum absolute atomic E-state index is 12.0. The molecule has 128 valence electrons. The second-order valence-corrected chi connectivity index (χ2v) is 7.01. The quantitative estimate of drug-likeness (QED) is 0.750. The molecule has 1 aliphatic rings. The van der Waals surface area contributed by atoms with Gasteiger partial charge in [-0.2, -0.15) is 0 Å². The van der Waals surface area contributed by atoms with Crippen molar-refractivity contribution in [3.63, 3.8) is 0 Å². The molecule has 0 spiro atoms. The lowest BCUT2D eigenvalue weighted by molar-refractivity contribution is 0.0367. The number of carbonyl (C=O) groups is 1. The Bertz CT molecular complexity index is 692. The molecule has 0 bridgehead atoms. The second-order valence-electron chi connectivity index (χ2n) is 6.57. The molecule has 0 radical (unpaired) electrons. The molecule has 6 heteroatoms. The van der Waals surface area contributed by atoms with E-state index in [0.717, 1.165) is 12.8 Å². The van der Waals surface area contributed by atoms with Gasteiger partial charge in [0.1, 0.15) is 11.4 Å². The van der Waals surface area contributed by atoms with Crippen LogP contribution in [-0.2, 0) is 11.0 Å². The van der Waals surface area contributed by atoms with Crippen molar-refractivity contribution in [3.8, 4) is 0 Å². The Morgan fingerprint density at radius 2 is 2.00 bits per heavy atom. The SMILES string of the molecule is CC(O)(CNC(=O)NCC1(c2ccc(Cl)cc2)CC1)c1ccco1. The summed E-state index contributed by atoms with van der Waals surface area (Å²) in [7, 11) is 0. The molecule has 1 aromatic heterocycles. The lowest BCUT2D eigenvalue weighted by atomic mass is 9.96. The number of hydrogen-bond donors (Lipinski definition) is 3. The molecule has 0 aliphatic heterocycles. The van der Waals surface area contributed by atoms with Crippen molar-refractivity contribution in [2.45, 2.75) is 30.8 Å². The molecular weight excluding hydrogens is 328 g/mol. The average molecular weight is 349 g/mol. The molecule has 24 heavy (non-hydrogen) atoms. The second kappa shape index (κ2) is 6.49. The zero-order chi connectivity index (χ0) is 17.2. The fourth-order valence-electron chi connectivity index (χ4n) is 2.76. The van der Waals surface area contributed by atoms with Crippen LogP contribution in [0.2, 0.25) is 5.02 Å². The van der Waals surface area contributed by atoms with Gasteiger partial charge in [-0.1, -0.05) is 23.7 Å². The Balaban J connectivity index is 1.50. The minimum atomic E-state index is -1.24. The number of furan rings is 1. The normalized spacial score (nSPS) is 17.8. The van der Waals surface area contributed by atoms with E-state index in [-0.39, 0.29) is 18.0 Å². The Morgan fingerprint density at radius 3 is 2.58 bits per heavy atom. The molecule has 1 heterocycles. The maximum atomic E-state index is 12.0. The Hall–Kier alpha value is -1.98. The van der Waals surface area contributed by atoms with Crippen LogP contribution in [0.3, 0.4) is 0 Å². The number of nitrogens with one attached hydrogen (secondary N) is 2. The highest BCUT2D eigenvalue weighted by molar-refractivity contribution is 6.30. The fraction of sp³-hybridized carbons (Fsp3) is 0.389. The fourth-order valence-corrected chi connectivity index (χ4v) is 2.88. The lowest BCUT2D eigenvalue weighted by Gasteiger charge is -2.22. The summed E-state index contributed by atoms with van der Waals surface area (Å²) in [6.45, 7) is 2.23. The van der Waals surface area contributed by atoms with E-state index in [1.165, 1.54) is 11.8 Å². The first-order valence-corrected chi connectivity index (χ1v) is 8.33. The summed E-state index contributed by atoms with van der Waals surface area (Å²) in [6.07, 6.45) is 3.57. The minimum Gasteiger partial charge on any atom is -0.466 e. The van der Waals surface area contributed by atoms with E-state index >= 15 is 0 Å². The van der Waals surface area contributed by atoms with Gasteiger partial charge < -0.3 is 20.2 Å². The van der Waals surface area contributed by atoms with E-state index in [2.05, 4.69) is 10.6 Å². The predicted molar refractivity (Wildman–Crippen MR) is 92.0 cm³/mol. The first-order valence-electron chi connectivity index (χ1n) is 7.95. The largest absolute Gasteiger partial charge is 0.466 e. The van der Waals surface area contributed by atoms with E-state index in [4.69, 9.17) is 16.0 Å². The van der Waals surface area contributed by atoms with Gasteiger partial charge >= 0.3 is 6.03 Å².